The number of ether oxygens (including phenoxy) is 2. The average molecular weight is 370 g/mol. The fourth-order valence-corrected chi connectivity index (χ4v) is 2.96. The molecule has 0 atom stereocenters. The van der Waals surface area contributed by atoms with Gasteiger partial charge in [-0.2, -0.15) is 0 Å². The SMILES string of the molecule is O=C(O)C1(Nc2ccc(Br)c(COC3CC3)c2)CCOCC1. The van der Waals surface area contributed by atoms with Crippen LogP contribution in [0.15, 0.2) is 22.7 Å². The Morgan fingerprint density at radius 2 is 2.14 bits per heavy atom. The lowest BCUT2D eigenvalue weighted by Gasteiger charge is -2.35. The van der Waals surface area contributed by atoms with E-state index in [1.54, 1.807) is 0 Å². The normalized spacial score (nSPS) is 20.6. The molecule has 1 heterocycles. The Bertz CT molecular complexity index is 553. The quantitative estimate of drug-likeness (QED) is 0.805. The molecule has 2 fully saturated rings. The van der Waals surface area contributed by atoms with Gasteiger partial charge in [0.2, 0.25) is 0 Å². The Morgan fingerprint density at radius 3 is 2.77 bits per heavy atom. The number of carbonyl (C=O) groups is 1. The summed E-state index contributed by atoms with van der Waals surface area (Å²) in [6.07, 6.45) is 3.60. The minimum absolute atomic E-state index is 0.393. The number of hydrogen-bond acceptors (Lipinski definition) is 4. The first-order chi connectivity index (χ1) is 10.6. The highest BCUT2D eigenvalue weighted by Crippen LogP contribution is 2.31. The molecule has 0 amide bonds. The Labute approximate surface area is 138 Å². The molecule has 1 aliphatic carbocycles. The summed E-state index contributed by atoms with van der Waals surface area (Å²) in [6.45, 7) is 1.48. The number of halogens is 1. The van der Waals surface area contributed by atoms with E-state index < -0.39 is 11.5 Å². The van der Waals surface area contributed by atoms with Crippen molar-refractivity contribution in [1.29, 1.82) is 0 Å². The fraction of sp³-hybridized carbons (Fsp3) is 0.562. The van der Waals surface area contributed by atoms with E-state index in [0.29, 0.717) is 38.8 Å². The Kier molecular flexibility index (Phi) is 4.70. The zero-order valence-corrected chi connectivity index (χ0v) is 13.9. The van der Waals surface area contributed by atoms with E-state index in [0.717, 1.165) is 28.6 Å². The van der Waals surface area contributed by atoms with E-state index in [9.17, 15) is 9.90 Å². The van der Waals surface area contributed by atoms with Crippen LogP contribution in [0.4, 0.5) is 5.69 Å². The van der Waals surface area contributed by atoms with Gasteiger partial charge in [-0.1, -0.05) is 15.9 Å². The van der Waals surface area contributed by atoms with Crippen LogP contribution in [-0.4, -0.2) is 35.9 Å². The number of nitrogens with one attached hydrogen (secondary N) is 1. The maximum absolute atomic E-state index is 11.7. The van der Waals surface area contributed by atoms with Crippen LogP contribution in [0.1, 0.15) is 31.2 Å². The largest absolute Gasteiger partial charge is 0.480 e. The lowest BCUT2D eigenvalue weighted by Crippen LogP contribution is -2.50. The number of carboxylic acid groups (broad SMARTS) is 1. The van der Waals surface area contributed by atoms with Gasteiger partial charge in [0, 0.05) is 36.2 Å². The molecule has 0 spiro atoms. The van der Waals surface area contributed by atoms with Gasteiger partial charge in [0.15, 0.2) is 0 Å². The third-order valence-corrected chi connectivity index (χ3v) is 4.96. The van der Waals surface area contributed by atoms with Gasteiger partial charge in [-0.05, 0) is 36.6 Å². The number of aliphatic carboxylic acids is 1. The number of benzene rings is 1. The smallest absolute Gasteiger partial charge is 0.329 e. The molecular weight excluding hydrogens is 350 g/mol. The lowest BCUT2D eigenvalue weighted by atomic mass is 9.89. The van der Waals surface area contributed by atoms with E-state index >= 15 is 0 Å². The average Bonchev–Trinajstić information content (AvgIpc) is 3.33. The molecule has 1 aromatic carbocycles. The van der Waals surface area contributed by atoms with Crippen LogP contribution in [0.25, 0.3) is 0 Å². The van der Waals surface area contributed by atoms with Crippen LogP contribution in [0.5, 0.6) is 0 Å². The maximum Gasteiger partial charge on any atom is 0.329 e. The molecule has 0 bridgehead atoms. The van der Waals surface area contributed by atoms with Crippen LogP contribution >= 0.6 is 15.9 Å². The highest BCUT2D eigenvalue weighted by atomic mass is 79.9. The second-order valence-electron chi connectivity index (χ2n) is 5.94. The van der Waals surface area contributed by atoms with E-state index in [1.165, 1.54) is 0 Å². The summed E-state index contributed by atoms with van der Waals surface area (Å²) in [7, 11) is 0. The number of carboxylic acids is 1. The summed E-state index contributed by atoms with van der Waals surface area (Å²) in [5, 5.41) is 12.8. The lowest BCUT2D eigenvalue weighted by molar-refractivity contribution is -0.145. The molecule has 1 aliphatic heterocycles. The summed E-state index contributed by atoms with van der Waals surface area (Å²) in [5.74, 6) is -0.825. The predicted molar refractivity (Wildman–Crippen MR) is 86.0 cm³/mol. The second kappa shape index (κ2) is 6.56. The molecule has 22 heavy (non-hydrogen) atoms. The maximum atomic E-state index is 11.7. The van der Waals surface area contributed by atoms with Gasteiger partial charge in [0.1, 0.15) is 5.54 Å². The third-order valence-electron chi connectivity index (χ3n) is 4.18. The molecule has 2 aliphatic rings. The number of anilines is 1. The van der Waals surface area contributed by atoms with Gasteiger partial charge in [-0.25, -0.2) is 4.79 Å². The van der Waals surface area contributed by atoms with Gasteiger partial charge in [0.25, 0.3) is 0 Å². The van der Waals surface area contributed by atoms with Crippen molar-refractivity contribution in [3.8, 4) is 0 Å². The van der Waals surface area contributed by atoms with Gasteiger partial charge in [0.05, 0.1) is 12.7 Å². The van der Waals surface area contributed by atoms with Crippen LogP contribution in [0.2, 0.25) is 0 Å². The molecule has 1 saturated carbocycles. The Morgan fingerprint density at radius 1 is 1.41 bits per heavy atom. The van der Waals surface area contributed by atoms with Gasteiger partial charge in [-0.3, -0.25) is 0 Å². The minimum atomic E-state index is -0.944. The zero-order valence-electron chi connectivity index (χ0n) is 12.3. The molecule has 120 valence electrons. The first kappa shape index (κ1) is 15.8. The molecule has 2 N–H and O–H groups in total. The van der Waals surface area contributed by atoms with Crippen molar-refractivity contribution in [2.24, 2.45) is 0 Å². The van der Waals surface area contributed by atoms with E-state index in [1.807, 2.05) is 18.2 Å². The van der Waals surface area contributed by atoms with Crippen LogP contribution < -0.4 is 5.32 Å². The predicted octanol–water partition coefficient (Wildman–Crippen LogP) is 3.17. The summed E-state index contributed by atoms with van der Waals surface area (Å²) < 4.78 is 12.0. The minimum Gasteiger partial charge on any atom is -0.480 e. The summed E-state index contributed by atoms with van der Waals surface area (Å²) >= 11 is 3.52. The molecule has 0 unspecified atom stereocenters. The van der Waals surface area contributed by atoms with Crippen LogP contribution in [-0.2, 0) is 20.9 Å². The van der Waals surface area contributed by atoms with Crippen molar-refractivity contribution in [2.45, 2.75) is 43.9 Å². The molecule has 0 radical (unpaired) electrons. The van der Waals surface area contributed by atoms with Gasteiger partial charge in [-0.15, -0.1) is 0 Å². The molecule has 5 nitrogen and oxygen atoms in total. The van der Waals surface area contributed by atoms with Crippen molar-refractivity contribution in [3.05, 3.63) is 28.2 Å². The summed E-state index contributed by atoms with van der Waals surface area (Å²) in [5.41, 5.74) is 0.896. The van der Waals surface area contributed by atoms with Crippen molar-refractivity contribution in [2.75, 3.05) is 18.5 Å². The van der Waals surface area contributed by atoms with Gasteiger partial charge < -0.3 is 19.9 Å². The Hall–Kier alpha value is -1.11. The van der Waals surface area contributed by atoms with Crippen molar-refractivity contribution in [1.82, 2.24) is 0 Å². The van der Waals surface area contributed by atoms with E-state index in [4.69, 9.17) is 9.47 Å². The number of rotatable bonds is 6. The van der Waals surface area contributed by atoms with E-state index in [-0.39, 0.29) is 0 Å². The van der Waals surface area contributed by atoms with Crippen molar-refractivity contribution in [3.63, 3.8) is 0 Å². The van der Waals surface area contributed by atoms with Crippen molar-refractivity contribution < 1.29 is 19.4 Å². The molecule has 3 rings (SSSR count). The van der Waals surface area contributed by atoms with Gasteiger partial charge >= 0.3 is 5.97 Å². The summed E-state index contributed by atoms with van der Waals surface area (Å²) in [4.78, 5) is 11.7. The molecule has 6 heteroatoms. The number of hydrogen-bond donors (Lipinski definition) is 2. The standard InChI is InChI=1S/C16H20BrNO4/c17-14-4-1-12(9-11(14)10-22-13-2-3-13)18-16(15(19)20)5-7-21-8-6-16/h1,4,9,13,18H,2-3,5-8,10H2,(H,19,20). The molecule has 1 aromatic rings. The van der Waals surface area contributed by atoms with Crippen LogP contribution in [0.3, 0.4) is 0 Å². The second-order valence-corrected chi connectivity index (χ2v) is 6.80. The highest BCUT2D eigenvalue weighted by molar-refractivity contribution is 9.10. The first-order valence-corrected chi connectivity index (χ1v) is 8.38. The van der Waals surface area contributed by atoms with E-state index in [2.05, 4.69) is 21.2 Å². The third kappa shape index (κ3) is 3.62. The fourth-order valence-electron chi connectivity index (χ4n) is 2.59. The molecular formula is C16H20BrNO4. The first-order valence-electron chi connectivity index (χ1n) is 7.58. The Balaban J connectivity index is 1.75. The monoisotopic (exact) mass is 369 g/mol. The molecule has 0 aromatic heterocycles. The van der Waals surface area contributed by atoms with Crippen LogP contribution in [0, 0.1) is 0 Å². The summed E-state index contributed by atoms with van der Waals surface area (Å²) in [6, 6.07) is 5.79. The zero-order chi connectivity index (χ0) is 15.6. The topological polar surface area (TPSA) is 67.8 Å². The molecule has 1 saturated heterocycles. The highest BCUT2D eigenvalue weighted by Gasteiger charge is 2.40. The van der Waals surface area contributed by atoms with Crippen molar-refractivity contribution >= 4 is 27.6 Å².